The first-order chi connectivity index (χ1) is 10.6. The molecule has 6 heteroatoms. The monoisotopic (exact) mass is 307 g/mol. The van der Waals surface area contributed by atoms with Gasteiger partial charge in [-0.05, 0) is 26.3 Å². The van der Waals surface area contributed by atoms with E-state index < -0.39 is 0 Å². The number of rotatable bonds is 2. The Morgan fingerprint density at radius 3 is 2.68 bits per heavy atom. The highest BCUT2D eigenvalue weighted by Gasteiger charge is 2.50. The summed E-state index contributed by atoms with van der Waals surface area (Å²) in [5.74, 6) is 0.202. The third-order valence-electron chi connectivity index (χ3n) is 5.95. The number of hydrogen-bond acceptors (Lipinski definition) is 4. The average Bonchev–Trinajstić information content (AvgIpc) is 2.83. The van der Waals surface area contributed by atoms with Gasteiger partial charge in [0.15, 0.2) is 0 Å². The molecule has 122 valence electrons. The van der Waals surface area contributed by atoms with Gasteiger partial charge in [-0.1, -0.05) is 0 Å². The molecule has 1 saturated carbocycles. The van der Waals surface area contributed by atoms with E-state index in [0.717, 1.165) is 25.9 Å². The number of morpholine rings is 1. The van der Waals surface area contributed by atoms with Crippen molar-refractivity contribution in [2.75, 3.05) is 46.4 Å². The fourth-order valence-corrected chi connectivity index (χ4v) is 4.41. The quantitative estimate of drug-likeness (QED) is 0.717. The van der Waals surface area contributed by atoms with Crippen molar-refractivity contribution in [2.24, 2.45) is 5.92 Å². The van der Waals surface area contributed by atoms with Crippen LogP contribution in [0.5, 0.6) is 0 Å². The molecule has 4 fully saturated rings. The van der Waals surface area contributed by atoms with Gasteiger partial charge in [0.25, 0.3) is 0 Å². The Hall–Kier alpha value is -1.14. The van der Waals surface area contributed by atoms with E-state index >= 15 is 0 Å². The summed E-state index contributed by atoms with van der Waals surface area (Å²) in [4.78, 5) is 31.4. The zero-order chi connectivity index (χ0) is 15.3. The van der Waals surface area contributed by atoms with Crippen LogP contribution < -0.4 is 0 Å². The van der Waals surface area contributed by atoms with Crippen molar-refractivity contribution in [3.8, 4) is 0 Å². The maximum atomic E-state index is 13.0. The minimum absolute atomic E-state index is 0.0531. The van der Waals surface area contributed by atoms with Gasteiger partial charge in [-0.2, -0.15) is 0 Å². The first kappa shape index (κ1) is 14.5. The number of carbonyl (C=O) groups is 2. The maximum absolute atomic E-state index is 13.0. The lowest BCUT2D eigenvalue weighted by atomic mass is 9.74. The topological polar surface area (TPSA) is 53.1 Å². The molecule has 0 bridgehead atoms. The van der Waals surface area contributed by atoms with Crippen molar-refractivity contribution in [2.45, 2.75) is 37.3 Å². The van der Waals surface area contributed by atoms with Crippen LogP contribution in [0.15, 0.2) is 0 Å². The Bertz CT molecular complexity index is 485. The van der Waals surface area contributed by atoms with Gasteiger partial charge in [0, 0.05) is 32.6 Å². The van der Waals surface area contributed by atoms with E-state index in [-0.39, 0.29) is 23.3 Å². The number of ether oxygens (including phenoxy) is 1. The summed E-state index contributed by atoms with van der Waals surface area (Å²) in [5.41, 5.74) is -0.0531. The van der Waals surface area contributed by atoms with Crippen LogP contribution in [-0.4, -0.2) is 84.5 Å². The van der Waals surface area contributed by atoms with Crippen LogP contribution in [0, 0.1) is 5.92 Å². The predicted octanol–water partition coefficient (Wildman–Crippen LogP) is -0.0696. The molecule has 3 heterocycles. The van der Waals surface area contributed by atoms with Crippen LogP contribution in [0.2, 0.25) is 0 Å². The molecule has 0 aromatic carbocycles. The van der Waals surface area contributed by atoms with Crippen LogP contribution in [0.1, 0.15) is 25.7 Å². The minimum Gasteiger partial charge on any atom is -0.377 e. The number of hydrogen-bond donors (Lipinski definition) is 0. The Morgan fingerprint density at radius 2 is 2.05 bits per heavy atom. The lowest BCUT2D eigenvalue weighted by Gasteiger charge is -2.53. The Balaban J connectivity index is 1.43. The fourth-order valence-electron chi connectivity index (χ4n) is 4.41. The van der Waals surface area contributed by atoms with E-state index in [1.54, 1.807) is 0 Å². The zero-order valence-electron chi connectivity index (χ0n) is 13.3. The Labute approximate surface area is 131 Å². The normalized spacial score (nSPS) is 32.2. The zero-order valence-corrected chi connectivity index (χ0v) is 13.3. The van der Waals surface area contributed by atoms with E-state index in [0.29, 0.717) is 38.8 Å². The van der Waals surface area contributed by atoms with Crippen molar-refractivity contribution in [3.05, 3.63) is 0 Å². The molecular weight excluding hydrogens is 282 g/mol. The molecule has 3 saturated heterocycles. The maximum Gasteiger partial charge on any atom is 0.228 e. The molecule has 1 aliphatic carbocycles. The van der Waals surface area contributed by atoms with E-state index in [2.05, 4.69) is 11.9 Å². The molecule has 1 atom stereocenters. The van der Waals surface area contributed by atoms with Crippen molar-refractivity contribution in [1.82, 2.24) is 14.7 Å². The van der Waals surface area contributed by atoms with Crippen molar-refractivity contribution in [3.63, 3.8) is 0 Å². The van der Waals surface area contributed by atoms with Crippen LogP contribution in [-0.2, 0) is 14.3 Å². The van der Waals surface area contributed by atoms with Crippen LogP contribution >= 0.6 is 0 Å². The summed E-state index contributed by atoms with van der Waals surface area (Å²) in [7, 11) is 2.06. The summed E-state index contributed by atoms with van der Waals surface area (Å²) >= 11 is 0. The lowest BCUT2D eigenvalue weighted by molar-refractivity contribution is -0.162. The molecule has 0 radical (unpaired) electrons. The third-order valence-corrected chi connectivity index (χ3v) is 5.95. The number of likely N-dealkylation sites (tertiary alicyclic amines) is 2. The second-order valence-electron chi connectivity index (χ2n) is 7.44. The molecule has 22 heavy (non-hydrogen) atoms. The van der Waals surface area contributed by atoms with Gasteiger partial charge < -0.3 is 19.4 Å². The molecule has 4 rings (SSSR count). The van der Waals surface area contributed by atoms with Gasteiger partial charge in [0.2, 0.25) is 11.8 Å². The smallest absolute Gasteiger partial charge is 0.228 e. The van der Waals surface area contributed by atoms with Crippen molar-refractivity contribution in [1.29, 1.82) is 0 Å². The van der Waals surface area contributed by atoms with Crippen LogP contribution in [0.3, 0.4) is 0 Å². The molecule has 6 nitrogen and oxygen atoms in total. The van der Waals surface area contributed by atoms with Gasteiger partial charge in [-0.25, -0.2) is 0 Å². The van der Waals surface area contributed by atoms with Gasteiger partial charge >= 0.3 is 0 Å². The average molecular weight is 307 g/mol. The van der Waals surface area contributed by atoms with E-state index in [1.807, 2.05) is 9.80 Å². The second kappa shape index (κ2) is 5.20. The summed E-state index contributed by atoms with van der Waals surface area (Å²) in [6.45, 7) is 4.49. The highest BCUT2D eigenvalue weighted by atomic mass is 16.5. The number of likely N-dealkylation sites (N-methyl/N-ethyl adjacent to an activating group) is 1. The van der Waals surface area contributed by atoms with E-state index in [9.17, 15) is 9.59 Å². The number of carbonyl (C=O) groups excluding carboxylic acids is 2. The van der Waals surface area contributed by atoms with Crippen molar-refractivity contribution >= 4 is 11.8 Å². The Morgan fingerprint density at radius 1 is 1.27 bits per heavy atom. The SMILES string of the molecule is CN1CC(N2CC(C(=O)N3CCOCC34CCC4)CC2=O)C1. The molecule has 3 aliphatic heterocycles. The first-order valence-electron chi connectivity index (χ1n) is 8.46. The summed E-state index contributed by atoms with van der Waals surface area (Å²) in [6, 6.07) is 0.317. The number of nitrogens with zero attached hydrogens (tertiary/aromatic N) is 3. The summed E-state index contributed by atoms with van der Waals surface area (Å²) in [5, 5.41) is 0. The van der Waals surface area contributed by atoms with Gasteiger partial charge in [0.1, 0.15) is 0 Å². The largest absolute Gasteiger partial charge is 0.377 e. The van der Waals surface area contributed by atoms with Crippen LogP contribution in [0.25, 0.3) is 0 Å². The molecule has 2 amide bonds. The highest BCUT2D eigenvalue weighted by Crippen LogP contribution is 2.41. The molecule has 1 unspecified atom stereocenters. The first-order valence-corrected chi connectivity index (χ1v) is 8.46. The minimum atomic E-state index is -0.144. The molecule has 4 aliphatic rings. The van der Waals surface area contributed by atoms with E-state index in [4.69, 9.17) is 4.74 Å². The van der Waals surface area contributed by atoms with Crippen molar-refractivity contribution < 1.29 is 14.3 Å². The molecule has 1 spiro atoms. The van der Waals surface area contributed by atoms with Gasteiger partial charge in [-0.3, -0.25) is 9.59 Å². The molecule has 0 aromatic rings. The molecule has 0 N–H and O–H groups in total. The molecular formula is C16H25N3O3. The lowest BCUT2D eigenvalue weighted by Crippen LogP contribution is -2.64. The Kier molecular flexibility index (Phi) is 3.42. The molecule has 0 aromatic heterocycles. The van der Waals surface area contributed by atoms with Gasteiger partial charge in [-0.15, -0.1) is 0 Å². The summed E-state index contributed by atoms with van der Waals surface area (Å²) < 4.78 is 5.61. The summed E-state index contributed by atoms with van der Waals surface area (Å²) in [6.07, 6.45) is 3.68. The fraction of sp³-hybridized carbons (Fsp3) is 0.875. The highest BCUT2D eigenvalue weighted by molar-refractivity contribution is 5.90. The third kappa shape index (κ3) is 2.15. The number of amides is 2. The standard InChI is InChI=1S/C16H25N3O3/c1-17-9-13(10-17)18-8-12(7-14(18)20)15(21)19-5-6-22-11-16(19)3-2-4-16/h12-13H,2-11H2,1H3. The van der Waals surface area contributed by atoms with Crippen LogP contribution in [0.4, 0.5) is 0 Å². The second-order valence-corrected chi connectivity index (χ2v) is 7.44. The van der Waals surface area contributed by atoms with E-state index in [1.165, 1.54) is 6.42 Å². The predicted molar refractivity (Wildman–Crippen MR) is 80.2 cm³/mol. The van der Waals surface area contributed by atoms with Gasteiger partial charge in [0.05, 0.1) is 30.7 Å².